The third-order valence-corrected chi connectivity index (χ3v) is 5.33. The van der Waals surface area contributed by atoms with Gasteiger partial charge in [-0.05, 0) is 29.7 Å². The van der Waals surface area contributed by atoms with Crippen molar-refractivity contribution in [3.05, 3.63) is 90.0 Å². The monoisotopic (exact) mass is 386 g/mol. The SMILES string of the molecule is C=C(c1cc(OC)c(OCc2ccccc2)cc1NC)N1CCc2ccccc21. The van der Waals surface area contributed by atoms with Crippen LogP contribution in [0.1, 0.15) is 16.7 Å². The lowest BCUT2D eigenvalue weighted by atomic mass is 10.1. The van der Waals surface area contributed by atoms with Gasteiger partial charge in [0.2, 0.25) is 0 Å². The Morgan fingerprint density at radius 2 is 1.79 bits per heavy atom. The van der Waals surface area contributed by atoms with Gasteiger partial charge in [0.1, 0.15) is 6.61 Å². The van der Waals surface area contributed by atoms with Gasteiger partial charge in [-0.25, -0.2) is 0 Å². The van der Waals surface area contributed by atoms with E-state index >= 15 is 0 Å². The van der Waals surface area contributed by atoms with Crippen molar-refractivity contribution < 1.29 is 9.47 Å². The highest BCUT2D eigenvalue weighted by Crippen LogP contribution is 2.40. The van der Waals surface area contributed by atoms with Gasteiger partial charge in [-0.15, -0.1) is 0 Å². The van der Waals surface area contributed by atoms with Crippen molar-refractivity contribution >= 4 is 17.1 Å². The molecule has 0 atom stereocenters. The van der Waals surface area contributed by atoms with Crippen LogP contribution in [0.4, 0.5) is 11.4 Å². The van der Waals surface area contributed by atoms with Crippen LogP contribution < -0.4 is 19.7 Å². The molecule has 0 radical (unpaired) electrons. The van der Waals surface area contributed by atoms with E-state index in [-0.39, 0.29) is 0 Å². The summed E-state index contributed by atoms with van der Waals surface area (Å²) in [5.74, 6) is 1.41. The van der Waals surface area contributed by atoms with Crippen molar-refractivity contribution in [3.63, 3.8) is 0 Å². The molecule has 3 aromatic rings. The maximum atomic E-state index is 6.06. The molecular weight excluding hydrogens is 360 g/mol. The third kappa shape index (κ3) is 3.79. The minimum absolute atomic E-state index is 0.486. The van der Waals surface area contributed by atoms with Crippen LogP contribution in [-0.4, -0.2) is 20.7 Å². The first kappa shape index (κ1) is 18.9. The van der Waals surface area contributed by atoms with E-state index < -0.39 is 0 Å². The fourth-order valence-corrected chi connectivity index (χ4v) is 3.78. The van der Waals surface area contributed by atoms with Crippen molar-refractivity contribution in [1.82, 2.24) is 0 Å². The van der Waals surface area contributed by atoms with Crippen molar-refractivity contribution in [1.29, 1.82) is 0 Å². The Bertz CT molecular complexity index is 1010. The zero-order chi connectivity index (χ0) is 20.2. The van der Waals surface area contributed by atoms with Crippen LogP contribution in [-0.2, 0) is 13.0 Å². The van der Waals surface area contributed by atoms with Crippen molar-refractivity contribution in [2.24, 2.45) is 0 Å². The third-order valence-electron chi connectivity index (χ3n) is 5.33. The summed E-state index contributed by atoms with van der Waals surface area (Å²) in [5.41, 5.74) is 6.61. The number of anilines is 2. The van der Waals surface area contributed by atoms with Crippen molar-refractivity contribution in [2.45, 2.75) is 13.0 Å². The fourth-order valence-electron chi connectivity index (χ4n) is 3.78. The van der Waals surface area contributed by atoms with Gasteiger partial charge >= 0.3 is 0 Å². The van der Waals surface area contributed by atoms with Gasteiger partial charge in [-0.3, -0.25) is 0 Å². The normalized spacial score (nSPS) is 12.4. The summed E-state index contributed by atoms with van der Waals surface area (Å²) in [6.07, 6.45) is 1.03. The molecule has 4 heteroatoms. The van der Waals surface area contributed by atoms with Gasteiger partial charge in [0.05, 0.1) is 7.11 Å². The standard InChI is InChI=1S/C25H26N2O2/c1-18(27-14-13-20-11-7-8-12-23(20)27)21-15-24(28-3)25(16-22(21)26-2)29-17-19-9-5-4-6-10-19/h4-12,15-16,26H,1,13-14,17H2,2-3H3. The summed E-state index contributed by atoms with van der Waals surface area (Å²) in [5, 5.41) is 3.29. The number of fused-ring (bicyclic) bond motifs is 1. The van der Waals surface area contributed by atoms with E-state index in [1.54, 1.807) is 7.11 Å². The summed E-state index contributed by atoms with van der Waals surface area (Å²) in [6, 6.07) is 22.6. The lowest BCUT2D eigenvalue weighted by molar-refractivity contribution is 0.284. The van der Waals surface area contributed by atoms with Gasteiger partial charge in [0.25, 0.3) is 0 Å². The molecule has 0 unspecified atom stereocenters. The van der Waals surface area contributed by atoms with Crippen LogP contribution in [0.2, 0.25) is 0 Å². The van der Waals surface area contributed by atoms with E-state index in [2.05, 4.69) is 41.1 Å². The fraction of sp³-hybridized carbons (Fsp3) is 0.200. The Morgan fingerprint density at radius 3 is 2.55 bits per heavy atom. The predicted octanol–water partition coefficient (Wildman–Crippen LogP) is 5.35. The Morgan fingerprint density at radius 1 is 1.03 bits per heavy atom. The highest BCUT2D eigenvalue weighted by molar-refractivity contribution is 5.87. The highest BCUT2D eigenvalue weighted by atomic mass is 16.5. The molecule has 1 heterocycles. The Hall–Kier alpha value is -3.40. The molecular formula is C25H26N2O2. The summed E-state index contributed by atoms with van der Waals surface area (Å²) < 4.78 is 11.7. The number of hydrogen-bond donors (Lipinski definition) is 1. The smallest absolute Gasteiger partial charge is 0.163 e. The summed E-state index contributed by atoms with van der Waals surface area (Å²) >= 11 is 0. The number of rotatable bonds is 7. The second-order valence-corrected chi connectivity index (χ2v) is 7.05. The molecule has 0 amide bonds. The van der Waals surface area contributed by atoms with Crippen LogP contribution in [0.3, 0.4) is 0 Å². The lowest BCUT2D eigenvalue weighted by Crippen LogP contribution is -2.18. The predicted molar refractivity (Wildman–Crippen MR) is 120 cm³/mol. The molecule has 0 saturated heterocycles. The van der Waals surface area contributed by atoms with Crippen molar-refractivity contribution in [2.75, 3.05) is 30.9 Å². The Balaban J connectivity index is 1.63. The number of para-hydroxylation sites is 1. The van der Waals surface area contributed by atoms with Gasteiger partial charge in [0, 0.05) is 42.3 Å². The number of benzene rings is 3. The zero-order valence-electron chi connectivity index (χ0n) is 16.9. The van der Waals surface area contributed by atoms with Crippen LogP contribution in [0, 0.1) is 0 Å². The number of ether oxygens (including phenoxy) is 2. The molecule has 0 saturated carbocycles. The van der Waals surface area contributed by atoms with Crippen molar-refractivity contribution in [3.8, 4) is 11.5 Å². The van der Waals surface area contributed by atoms with E-state index in [0.717, 1.165) is 35.5 Å². The molecule has 29 heavy (non-hydrogen) atoms. The zero-order valence-corrected chi connectivity index (χ0v) is 16.9. The Kier molecular flexibility index (Phi) is 5.43. The highest BCUT2D eigenvalue weighted by Gasteiger charge is 2.24. The number of hydrogen-bond acceptors (Lipinski definition) is 4. The van der Waals surface area contributed by atoms with E-state index in [0.29, 0.717) is 18.1 Å². The molecule has 0 aromatic heterocycles. The quantitative estimate of drug-likeness (QED) is 0.593. The molecule has 148 valence electrons. The van der Waals surface area contributed by atoms with Gasteiger partial charge in [-0.2, -0.15) is 0 Å². The number of nitrogens with one attached hydrogen (secondary N) is 1. The van der Waals surface area contributed by atoms with E-state index in [1.807, 2.05) is 49.5 Å². The molecule has 1 N–H and O–H groups in total. The van der Waals surface area contributed by atoms with E-state index in [1.165, 1.54) is 11.3 Å². The van der Waals surface area contributed by atoms with E-state index in [9.17, 15) is 0 Å². The molecule has 0 bridgehead atoms. The first-order valence-electron chi connectivity index (χ1n) is 9.82. The lowest BCUT2D eigenvalue weighted by Gasteiger charge is -2.25. The summed E-state index contributed by atoms with van der Waals surface area (Å²) in [7, 11) is 3.58. The molecule has 0 aliphatic carbocycles. The molecule has 0 fully saturated rings. The maximum Gasteiger partial charge on any atom is 0.163 e. The van der Waals surface area contributed by atoms with Gasteiger partial charge in [-0.1, -0.05) is 55.1 Å². The van der Waals surface area contributed by atoms with Gasteiger partial charge in [0.15, 0.2) is 11.5 Å². The summed E-state index contributed by atoms with van der Waals surface area (Å²) in [4.78, 5) is 2.27. The van der Waals surface area contributed by atoms with Crippen LogP contribution in [0.25, 0.3) is 5.70 Å². The second kappa shape index (κ2) is 8.31. The first-order chi connectivity index (χ1) is 14.2. The molecule has 0 spiro atoms. The second-order valence-electron chi connectivity index (χ2n) is 7.05. The molecule has 1 aliphatic heterocycles. The average molecular weight is 386 g/mol. The minimum atomic E-state index is 0.486. The number of nitrogens with zero attached hydrogens (tertiary/aromatic N) is 1. The molecule has 3 aromatic carbocycles. The van der Waals surface area contributed by atoms with Crippen LogP contribution >= 0.6 is 0 Å². The van der Waals surface area contributed by atoms with Crippen LogP contribution in [0.15, 0.2) is 73.3 Å². The molecule has 4 rings (SSSR count). The number of methoxy groups -OCH3 is 1. The average Bonchev–Trinajstić information content (AvgIpc) is 3.21. The van der Waals surface area contributed by atoms with Gasteiger partial charge < -0.3 is 19.7 Å². The first-order valence-corrected chi connectivity index (χ1v) is 9.82. The molecule has 1 aliphatic rings. The largest absolute Gasteiger partial charge is 0.493 e. The minimum Gasteiger partial charge on any atom is -0.493 e. The van der Waals surface area contributed by atoms with E-state index in [4.69, 9.17) is 9.47 Å². The topological polar surface area (TPSA) is 33.7 Å². The molecule has 4 nitrogen and oxygen atoms in total. The summed E-state index contributed by atoms with van der Waals surface area (Å²) in [6.45, 7) is 5.82. The van der Waals surface area contributed by atoms with Crippen LogP contribution in [0.5, 0.6) is 11.5 Å². The maximum absolute atomic E-state index is 6.06. The Labute approximate surface area is 172 Å².